The number of carbonyl (C=O) groups is 1. The van der Waals surface area contributed by atoms with E-state index in [2.05, 4.69) is 0 Å². The average Bonchev–Trinajstić information content (AvgIpc) is 2.40. The van der Waals surface area contributed by atoms with Crippen LogP contribution in [0.25, 0.3) is 0 Å². The zero-order chi connectivity index (χ0) is 12.9. The Morgan fingerprint density at radius 1 is 1.31 bits per heavy atom. The highest BCUT2D eigenvalue weighted by atomic mass is 32.2. The summed E-state index contributed by atoms with van der Waals surface area (Å²) in [5, 5.41) is -1.49. The molecule has 3 N–H and O–H groups in total. The van der Waals surface area contributed by atoms with Gasteiger partial charge in [0, 0.05) is 12.5 Å². The summed E-state index contributed by atoms with van der Waals surface area (Å²) in [5.41, 5.74) is 4.75. The number of hydrogen-bond acceptors (Lipinski definition) is 4. The molecule has 1 atom stereocenters. The molecule has 0 aromatic carbocycles. The Hall–Kier alpha value is -0.460. The normalized spacial score (nSPS) is 25.1. The van der Waals surface area contributed by atoms with E-state index >= 15 is 0 Å². The third kappa shape index (κ3) is 1.78. The van der Waals surface area contributed by atoms with Crippen molar-refractivity contribution in [2.24, 2.45) is 22.5 Å². The molecule has 16 heavy (non-hydrogen) atoms. The molecule has 0 amide bonds. The van der Waals surface area contributed by atoms with Gasteiger partial charge in [-0.3, -0.25) is 9.35 Å². The Balaban J connectivity index is 2.98. The van der Waals surface area contributed by atoms with Crippen LogP contribution in [0.2, 0.25) is 0 Å². The van der Waals surface area contributed by atoms with Gasteiger partial charge in [-0.25, -0.2) is 0 Å². The molecule has 6 heteroatoms. The van der Waals surface area contributed by atoms with Gasteiger partial charge < -0.3 is 5.73 Å². The summed E-state index contributed by atoms with van der Waals surface area (Å²) in [4.78, 5) is 12.0. The molecule has 1 aliphatic carbocycles. The van der Waals surface area contributed by atoms with Crippen molar-refractivity contribution in [1.82, 2.24) is 0 Å². The van der Waals surface area contributed by atoms with Crippen LogP contribution in [0.5, 0.6) is 0 Å². The smallest absolute Gasteiger partial charge is 0.276 e. The molecule has 94 valence electrons. The van der Waals surface area contributed by atoms with Gasteiger partial charge in [-0.05, 0) is 10.8 Å². The van der Waals surface area contributed by atoms with Gasteiger partial charge in [0.1, 0.15) is 0 Å². The number of rotatable bonds is 4. The average molecular weight is 249 g/mol. The van der Waals surface area contributed by atoms with E-state index in [1.165, 1.54) is 0 Å². The summed E-state index contributed by atoms with van der Waals surface area (Å²) in [6.45, 7) is 7.26. The molecular formula is C10H19NO4S. The minimum absolute atomic E-state index is 0.248. The van der Waals surface area contributed by atoms with Crippen LogP contribution in [-0.2, 0) is 14.9 Å². The number of nitrogens with two attached hydrogens (primary N) is 1. The van der Waals surface area contributed by atoms with E-state index < -0.39 is 21.2 Å². The predicted octanol–water partition coefficient (Wildman–Crippen LogP) is 0.453. The minimum Gasteiger partial charge on any atom is -0.329 e. The van der Waals surface area contributed by atoms with Crippen LogP contribution in [-0.4, -0.2) is 30.5 Å². The Bertz CT molecular complexity index is 397. The maximum atomic E-state index is 12.0. The fourth-order valence-corrected chi connectivity index (χ4v) is 3.15. The molecule has 5 nitrogen and oxygen atoms in total. The molecule has 0 aliphatic heterocycles. The van der Waals surface area contributed by atoms with E-state index in [1.807, 2.05) is 27.7 Å². The van der Waals surface area contributed by atoms with Crippen molar-refractivity contribution < 1.29 is 17.8 Å². The van der Waals surface area contributed by atoms with E-state index in [1.54, 1.807) is 0 Å². The van der Waals surface area contributed by atoms with Crippen LogP contribution in [0.3, 0.4) is 0 Å². The molecule has 0 spiro atoms. The fourth-order valence-electron chi connectivity index (χ4n) is 2.48. The molecular weight excluding hydrogens is 230 g/mol. The highest BCUT2D eigenvalue weighted by molar-refractivity contribution is 7.87. The third-order valence-corrected chi connectivity index (χ3v) is 5.34. The largest absolute Gasteiger partial charge is 0.329 e. The zero-order valence-corrected chi connectivity index (χ0v) is 10.8. The summed E-state index contributed by atoms with van der Waals surface area (Å²) < 4.78 is 31.0. The lowest BCUT2D eigenvalue weighted by molar-refractivity contribution is -0.120. The summed E-state index contributed by atoms with van der Waals surface area (Å²) in [7, 11) is -4.39. The quantitative estimate of drug-likeness (QED) is 0.705. The van der Waals surface area contributed by atoms with Crippen LogP contribution >= 0.6 is 0 Å². The third-order valence-electron chi connectivity index (χ3n) is 4.20. The SMILES string of the molecule is CC1(C)C(C(=O)C(CN)S(=O)(=O)O)C1(C)C. The fraction of sp³-hybridized carbons (Fsp3) is 0.900. The van der Waals surface area contributed by atoms with Crippen molar-refractivity contribution >= 4 is 15.9 Å². The second-order valence-corrected chi connectivity index (χ2v) is 7.12. The Kier molecular flexibility index (Phi) is 2.99. The highest BCUT2D eigenvalue weighted by Gasteiger charge is 2.69. The van der Waals surface area contributed by atoms with E-state index in [4.69, 9.17) is 10.3 Å². The maximum Gasteiger partial charge on any atom is 0.276 e. The molecule has 0 aromatic rings. The Morgan fingerprint density at radius 3 is 1.88 bits per heavy atom. The van der Waals surface area contributed by atoms with Crippen LogP contribution in [0.15, 0.2) is 0 Å². The first kappa shape index (κ1) is 13.6. The Labute approximate surface area is 96.1 Å². The van der Waals surface area contributed by atoms with Crippen molar-refractivity contribution in [1.29, 1.82) is 0 Å². The van der Waals surface area contributed by atoms with Crippen LogP contribution in [0, 0.1) is 16.7 Å². The van der Waals surface area contributed by atoms with Gasteiger partial charge in [-0.1, -0.05) is 27.7 Å². The molecule has 0 radical (unpaired) electrons. The standard InChI is InChI=1S/C10H19NO4S/c1-9(2)8(10(9,3)4)7(12)6(5-11)16(13,14)15/h6,8H,5,11H2,1-4H3,(H,13,14,15). The second kappa shape index (κ2) is 3.51. The summed E-state index contributed by atoms with van der Waals surface area (Å²) in [6.07, 6.45) is 0. The van der Waals surface area contributed by atoms with E-state index in [0.717, 1.165) is 0 Å². The van der Waals surface area contributed by atoms with Gasteiger partial charge in [0.2, 0.25) is 0 Å². The van der Waals surface area contributed by atoms with E-state index in [-0.39, 0.29) is 23.3 Å². The lowest BCUT2D eigenvalue weighted by Crippen LogP contribution is -2.39. The van der Waals surface area contributed by atoms with Gasteiger partial charge in [-0.2, -0.15) is 8.42 Å². The maximum absolute atomic E-state index is 12.0. The molecule has 1 aliphatic rings. The first-order chi connectivity index (χ1) is 6.98. The van der Waals surface area contributed by atoms with Crippen molar-refractivity contribution in [3.63, 3.8) is 0 Å². The monoisotopic (exact) mass is 249 g/mol. The molecule has 0 saturated heterocycles. The number of hydrogen-bond donors (Lipinski definition) is 2. The van der Waals surface area contributed by atoms with Gasteiger partial charge >= 0.3 is 0 Å². The first-order valence-electron chi connectivity index (χ1n) is 5.18. The van der Waals surface area contributed by atoms with Gasteiger partial charge in [0.15, 0.2) is 11.0 Å². The molecule has 1 fully saturated rings. The lowest BCUT2D eigenvalue weighted by atomic mass is 10.0. The van der Waals surface area contributed by atoms with Crippen molar-refractivity contribution in [3.05, 3.63) is 0 Å². The van der Waals surface area contributed by atoms with E-state index in [9.17, 15) is 13.2 Å². The van der Waals surface area contributed by atoms with Crippen LogP contribution < -0.4 is 5.73 Å². The number of Topliss-reactive ketones (excluding diaryl/α,β-unsaturated/α-hetero) is 1. The van der Waals surface area contributed by atoms with Crippen molar-refractivity contribution in [2.45, 2.75) is 32.9 Å². The van der Waals surface area contributed by atoms with Crippen molar-refractivity contribution in [3.8, 4) is 0 Å². The second-order valence-electron chi connectivity index (χ2n) is 5.52. The first-order valence-corrected chi connectivity index (χ1v) is 6.68. The minimum atomic E-state index is -4.39. The summed E-state index contributed by atoms with van der Waals surface area (Å²) >= 11 is 0. The summed E-state index contributed by atoms with van der Waals surface area (Å²) in [6, 6.07) is 0. The van der Waals surface area contributed by atoms with Crippen LogP contribution in [0.1, 0.15) is 27.7 Å². The highest BCUT2D eigenvalue weighted by Crippen LogP contribution is 2.68. The molecule has 1 saturated carbocycles. The Morgan fingerprint density at radius 2 is 1.69 bits per heavy atom. The predicted molar refractivity (Wildman–Crippen MR) is 60.5 cm³/mol. The van der Waals surface area contributed by atoms with Crippen molar-refractivity contribution in [2.75, 3.05) is 6.54 Å². The zero-order valence-electron chi connectivity index (χ0n) is 10.0. The molecule has 0 bridgehead atoms. The number of carbonyl (C=O) groups excluding carboxylic acids is 1. The molecule has 1 rings (SSSR count). The van der Waals surface area contributed by atoms with E-state index in [0.29, 0.717) is 0 Å². The van der Waals surface area contributed by atoms with Gasteiger partial charge in [0.25, 0.3) is 10.1 Å². The lowest BCUT2D eigenvalue weighted by Gasteiger charge is -2.11. The molecule has 0 heterocycles. The topological polar surface area (TPSA) is 97.5 Å². The van der Waals surface area contributed by atoms with Crippen LogP contribution in [0.4, 0.5) is 0 Å². The van der Waals surface area contributed by atoms with Gasteiger partial charge in [0.05, 0.1) is 0 Å². The molecule has 1 unspecified atom stereocenters. The summed E-state index contributed by atoms with van der Waals surface area (Å²) in [5.74, 6) is -0.838. The van der Waals surface area contributed by atoms with Gasteiger partial charge in [-0.15, -0.1) is 0 Å². The number of ketones is 1. The molecule has 0 aromatic heterocycles.